The van der Waals surface area contributed by atoms with Gasteiger partial charge >= 0.3 is 12.4 Å². The fourth-order valence-corrected chi connectivity index (χ4v) is 19.6. The number of ketones is 2. The van der Waals surface area contributed by atoms with Crippen molar-refractivity contribution in [1.29, 1.82) is 0 Å². The van der Waals surface area contributed by atoms with Crippen LogP contribution in [0.2, 0.25) is 0 Å². The summed E-state index contributed by atoms with van der Waals surface area (Å²) in [4.78, 5) is 25.8. The molecular formula is C52H71BrF6N4O4. The van der Waals surface area contributed by atoms with E-state index >= 15 is 0 Å². The van der Waals surface area contributed by atoms with E-state index in [1.54, 1.807) is 0 Å². The molecule has 10 fully saturated rings. The Bertz CT molecular complexity index is 2230. The number of hydrogen-bond donors (Lipinski definition) is 3. The lowest BCUT2D eigenvalue weighted by atomic mass is 9.48. The van der Waals surface area contributed by atoms with Gasteiger partial charge in [-0.2, -0.15) is 36.5 Å². The number of fused-ring (bicyclic) bond motifs is 6. The van der Waals surface area contributed by atoms with Crippen molar-refractivity contribution in [3.8, 4) is 0 Å². The molecule has 0 amide bonds. The van der Waals surface area contributed by atoms with E-state index < -0.39 is 34.7 Å². The van der Waals surface area contributed by atoms with E-state index in [2.05, 4.69) is 52.0 Å². The van der Waals surface area contributed by atoms with Crippen LogP contribution in [-0.2, 0) is 28.5 Å². The highest BCUT2D eigenvalue weighted by atomic mass is 79.9. The molecule has 0 radical (unpaired) electrons. The number of hydrogen-bond acceptors (Lipinski definition) is 6. The van der Waals surface area contributed by atoms with E-state index in [0.717, 1.165) is 113 Å². The molecule has 0 unspecified atom stereocenters. The average Bonchev–Trinajstić information content (AvgIpc) is 3.62. The van der Waals surface area contributed by atoms with Crippen molar-refractivity contribution in [2.45, 2.75) is 186 Å². The van der Waals surface area contributed by atoms with Crippen molar-refractivity contribution in [2.24, 2.45) is 79.8 Å². The summed E-state index contributed by atoms with van der Waals surface area (Å²) in [5, 5.41) is 31.0. The lowest BCUT2D eigenvalue weighted by molar-refractivity contribution is -0.138. The van der Waals surface area contributed by atoms with Gasteiger partial charge in [0.2, 0.25) is 0 Å². The second kappa shape index (κ2) is 15.9. The van der Waals surface area contributed by atoms with Gasteiger partial charge < -0.3 is 10.2 Å². The van der Waals surface area contributed by atoms with E-state index in [1.807, 2.05) is 6.92 Å². The number of aromatic amines is 1. The maximum Gasteiger partial charge on any atom is 0.419 e. The molecule has 3 N–H and O–H groups in total. The first-order valence-corrected chi connectivity index (χ1v) is 26.6. The van der Waals surface area contributed by atoms with Gasteiger partial charge in [0.05, 0.1) is 46.6 Å². The first-order valence-electron chi connectivity index (χ1n) is 25.5. The molecule has 2 aromatic rings. The number of nitrogens with zero attached hydrogens (tertiary/aromatic N) is 3. The summed E-state index contributed by atoms with van der Waals surface area (Å²) in [6.07, 6.45) is 17.8. The third-order valence-corrected chi connectivity index (χ3v) is 22.6. The standard InChI is InChI=1S/C26H35F3N2O2.C22H33BrO2.C4H3F3N2/c1-22(33)9-10-25-15-24(25,14-22)8-5-17-18-3-4-20(23(18,2)7-6-19(17)25)21(32)13-31-12-16(11-30-31)26(27,28)29;1-19(25)9-10-22-13-21(22,12-19)8-5-14-15-3-4-17(18(24)11-23)20(15,2)7-6-16(14)22;5-4(6,7)3-1-8-9-2-3/h11-12,17-20,33H,3-10,13-15H2,1-2H3;14-17,25H,3-13H2,1-2H3;1-2H,(H,8,9)/t17-,18-,19-,20+,22+,23-,24+,25-;14-,15-,16-,17+,19+,20-,21+,22-;/m00./s1. The first kappa shape index (κ1) is 48.4. The molecule has 12 rings (SSSR count). The van der Waals surface area contributed by atoms with E-state index in [-0.39, 0.29) is 29.1 Å². The molecule has 15 heteroatoms. The fourth-order valence-electron chi connectivity index (χ4n) is 19.3. The number of carbonyl (C=O) groups is 2. The number of Topliss-reactive ketones (excluding diaryl/α,β-unsaturated/α-hetero) is 2. The maximum absolute atomic E-state index is 13.3. The third-order valence-electron chi connectivity index (χ3n) is 22.0. The summed E-state index contributed by atoms with van der Waals surface area (Å²) >= 11 is 3.43. The molecule has 16 atom stereocenters. The third kappa shape index (κ3) is 7.69. The van der Waals surface area contributed by atoms with Crippen molar-refractivity contribution >= 4 is 27.5 Å². The second-order valence-electron chi connectivity index (χ2n) is 25.2. The van der Waals surface area contributed by atoms with Crippen LogP contribution < -0.4 is 0 Å². The minimum absolute atomic E-state index is 0.0405. The van der Waals surface area contributed by atoms with E-state index in [4.69, 9.17) is 0 Å². The van der Waals surface area contributed by atoms with Crippen molar-refractivity contribution in [1.82, 2.24) is 20.0 Å². The molecule has 10 aliphatic carbocycles. The van der Waals surface area contributed by atoms with E-state index in [0.29, 0.717) is 50.5 Å². The molecule has 10 aliphatic rings. The van der Waals surface area contributed by atoms with Gasteiger partial charge in [0.1, 0.15) is 5.78 Å². The van der Waals surface area contributed by atoms with Crippen LogP contribution in [0.25, 0.3) is 0 Å². The smallest absolute Gasteiger partial charge is 0.390 e. The molecule has 8 nitrogen and oxygen atoms in total. The average molecular weight is 1010 g/mol. The van der Waals surface area contributed by atoms with Crippen LogP contribution >= 0.6 is 15.9 Å². The Hall–Kier alpha value is -2.26. The molecule has 372 valence electrons. The molecule has 0 aromatic carbocycles. The number of H-pyrrole nitrogens is 1. The number of halogens is 7. The minimum atomic E-state index is -4.44. The summed E-state index contributed by atoms with van der Waals surface area (Å²) in [6, 6.07) is 0. The van der Waals surface area contributed by atoms with Crippen LogP contribution in [0.1, 0.15) is 167 Å². The number of alkyl halides is 7. The van der Waals surface area contributed by atoms with Crippen LogP contribution in [0, 0.1) is 79.8 Å². The summed E-state index contributed by atoms with van der Waals surface area (Å²) in [5.74, 6) is 5.12. The van der Waals surface area contributed by atoms with Crippen molar-refractivity contribution in [3.05, 3.63) is 35.9 Å². The normalized spacial score (nSPS) is 47.6. The van der Waals surface area contributed by atoms with Crippen LogP contribution in [0.5, 0.6) is 0 Å². The Morgan fingerprint density at radius 1 is 0.642 bits per heavy atom. The highest BCUT2D eigenvalue weighted by Crippen LogP contribution is 2.85. The minimum Gasteiger partial charge on any atom is -0.390 e. The van der Waals surface area contributed by atoms with Gasteiger partial charge in [-0.25, -0.2) is 0 Å². The lowest BCUT2D eigenvalue weighted by Crippen LogP contribution is -2.51. The Balaban J connectivity index is 0.000000136. The van der Waals surface area contributed by atoms with Crippen molar-refractivity contribution < 1.29 is 46.1 Å². The topological polar surface area (TPSA) is 121 Å². The van der Waals surface area contributed by atoms with Gasteiger partial charge in [0.25, 0.3) is 0 Å². The molecule has 0 bridgehead atoms. The zero-order chi connectivity index (χ0) is 48.0. The zero-order valence-corrected chi connectivity index (χ0v) is 41.3. The van der Waals surface area contributed by atoms with E-state index in [1.165, 1.54) is 68.9 Å². The SMILES string of the molecule is C[C@@]1(O)CC[C@@]23C[C@@]2(CC[C@H]2[C@@H]4CC[C@H](C(=O)CBr)[C@@]4(C)CC[C@@H]23)C1.C[C@@]1(O)CC[C@@]23C[C@@]2(CC[C@H]2[C@@H]4CC[C@H](C(=O)Cn5cc(C(F)(F)F)cn5)[C@@]4(C)CC[C@@H]23)C1.FC(F)(F)c1cn[nH]c1. The molecule has 0 aliphatic heterocycles. The predicted molar refractivity (Wildman–Crippen MR) is 242 cm³/mol. The molecule has 67 heavy (non-hydrogen) atoms. The van der Waals surface area contributed by atoms with Crippen LogP contribution in [-0.4, -0.2) is 58.3 Å². The van der Waals surface area contributed by atoms with Crippen molar-refractivity contribution in [3.63, 3.8) is 0 Å². The quantitative estimate of drug-likeness (QED) is 0.203. The monoisotopic (exact) mass is 1010 g/mol. The van der Waals surface area contributed by atoms with Crippen molar-refractivity contribution in [2.75, 3.05) is 5.33 Å². The molecule has 2 aromatic heterocycles. The molecule has 10 saturated carbocycles. The molecular weight excluding hydrogens is 938 g/mol. The van der Waals surface area contributed by atoms with Gasteiger partial charge in [-0.3, -0.25) is 19.4 Å². The van der Waals surface area contributed by atoms with Crippen LogP contribution in [0.3, 0.4) is 0 Å². The Labute approximate surface area is 399 Å². The maximum atomic E-state index is 13.3. The van der Waals surface area contributed by atoms with Gasteiger partial charge in [0, 0.05) is 24.2 Å². The second-order valence-corrected chi connectivity index (χ2v) is 25.8. The Morgan fingerprint density at radius 2 is 1.13 bits per heavy atom. The highest BCUT2D eigenvalue weighted by molar-refractivity contribution is 9.09. The molecule has 0 saturated heterocycles. The van der Waals surface area contributed by atoms with Gasteiger partial charge in [-0.1, -0.05) is 29.8 Å². The Kier molecular flexibility index (Phi) is 11.5. The number of nitrogens with one attached hydrogen (secondary N) is 1. The Morgan fingerprint density at radius 3 is 1.55 bits per heavy atom. The van der Waals surface area contributed by atoms with Gasteiger partial charge in [-0.15, -0.1) is 0 Å². The van der Waals surface area contributed by atoms with Crippen LogP contribution in [0.4, 0.5) is 26.3 Å². The lowest BCUT2D eigenvalue weighted by Gasteiger charge is -2.56. The summed E-state index contributed by atoms with van der Waals surface area (Å²) in [5.41, 5.74) is -0.449. The summed E-state index contributed by atoms with van der Waals surface area (Å²) < 4.78 is 74.6. The van der Waals surface area contributed by atoms with Crippen LogP contribution in [0.15, 0.2) is 24.8 Å². The summed E-state index contributed by atoms with van der Waals surface area (Å²) in [6.45, 7) is 8.75. The predicted octanol–water partition coefficient (Wildman–Crippen LogP) is 12.2. The molecule has 2 heterocycles. The fraction of sp³-hybridized carbons (Fsp3) is 0.846. The number of aliphatic hydroxyl groups is 2. The first-order chi connectivity index (χ1) is 31.3. The summed E-state index contributed by atoms with van der Waals surface area (Å²) in [7, 11) is 0. The van der Waals surface area contributed by atoms with E-state index in [9.17, 15) is 46.1 Å². The van der Waals surface area contributed by atoms with Gasteiger partial charge in [0.15, 0.2) is 5.78 Å². The highest BCUT2D eigenvalue weighted by Gasteiger charge is 2.78. The largest absolute Gasteiger partial charge is 0.419 e. The molecule has 0 spiro atoms. The number of carbonyl (C=O) groups excluding carboxylic acids is 2. The number of aromatic nitrogens is 4. The van der Waals surface area contributed by atoms with Gasteiger partial charge in [-0.05, 0) is 210 Å². The zero-order valence-electron chi connectivity index (χ0n) is 39.7. The number of rotatable bonds is 5.